The Morgan fingerprint density at radius 1 is 1.07 bits per heavy atom. The number of hydrogen-bond donors (Lipinski definition) is 0. The highest BCUT2D eigenvalue weighted by Gasteiger charge is 2.65. The summed E-state index contributed by atoms with van der Waals surface area (Å²) >= 11 is 0. The number of ether oxygens (including phenoxy) is 2. The number of ketones is 1. The fourth-order valence-corrected chi connectivity index (χ4v) is 4.57. The maximum Gasteiger partial charge on any atom is 0.335 e. The monoisotopic (exact) mass is 393 g/mol. The van der Waals surface area contributed by atoms with Crippen LogP contribution in [0.25, 0.3) is 0 Å². The molecule has 2 aromatic carbocycles. The van der Waals surface area contributed by atoms with Crippen molar-refractivity contribution in [1.29, 1.82) is 0 Å². The molecule has 2 aliphatic rings. The summed E-state index contributed by atoms with van der Waals surface area (Å²) in [5.74, 6) is -2.02. The predicted octanol–water partition coefficient (Wildman–Crippen LogP) is 2.65. The molecule has 0 spiro atoms. The molecule has 0 saturated carbocycles. The van der Waals surface area contributed by atoms with E-state index in [0.29, 0.717) is 6.54 Å². The van der Waals surface area contributed by atoms with Gasteiger partial charge in [0.2, 0.25) is 0 Å². The van der Waals surface area contributed by atoms with Crippen LogP contribution in [0.4, 0.5) is 0 Å². The Morgan fingerprint density at radius 3 is 2.31 bits per heavy atom. The Hall–Kier alpha value is -2.99. The lowest BCUT2D eigenvalue weighted by molar-refractivity contribution is -0.162. The lowest BCUT2D eigenvalue weighted by atomic mass is 9.71. The lowest BCUT2D eigenvalue weighted by Crippen LogP contribution is -2.60. The van der Waals surface area contributed by atoms with Crippen LogP contribution in [-0.4, -0.2) is 47.9 Å². The second-order valence-corrected chi connectivity index (χ2v) is 7.29. The van der Waals surface area contributed by atoms with Crippen LogP contribution in [0, 0.1) is 0 Å². The minimum absolute atomic E-state index is 0.128. The molecule has 0 unspecified atom stereocenters. The van der Waals surface area contributed by atoms with Crippen molar-refractivity contribution < 1.29 is 23.9 Å². The molecular formula is C23H23NO5. The molecule has 0 aromatic heterocycles. The van der Waals surface area contributed by atoms with E-state index in [2.05, 4.69) is 0 Å². The van der Waals surface area contributed by atoms with Crippen molar-refractivity contribution in [1.82, 2.24) is 4.90 Å². The summed E-state index contributed by atoms with van der Waals surface area (Å²) in [7, 11) is 0. The van der Waals surface area contributed by atoms with E-state index < -0.39 is 29.5 Å². The predicted molar refractivity (Wildman–Crippen MR) is 105 cm³/mol. The summed E-state index contributed by atoms with van der Waals surface area (Å²) in [4.78, 5) is 41.1. The number of nitrogens with zero attached hydrogens (tertiary/aromatic N) is 1. The van der Waals surface area contributed by atoms with E-state index in [4.69, 9.17) is 9.47 Å². The molecule has 0 radical (unpaired) electrons. The fraction of sp³-hybridized carbons (Fsp3) is 0.348. The number of Topliss-reactive ketones (excluding diaryl/α,β-unsaturated/α-hetero) is 1. The minimum Gasteiger partial charge on any atom is -0.464 e. The Kier molecular flexibility index (Phi) is 5.20. The topological polar surface area (TPSA) is 72.9 Å². The molecule has 29 heavy (non-hydrogen) atoms. The molecule has 4 rings (SSSR count). The summed E-state index contributed by atoms with van der Waals surface area (Å²) < 4.78 is 11.3. The molecule has 2 aliphatic heterocycles. The van der Waals surface area contributed by atoms with Crippen LogP contribution in [0.15, 0.2) is 60.7 Å². The first-order valence-electron chi connectivity index (χ1n) is 9.84. The van der Waals surface area contributed by atoms with Crippen molar-refractivity contribution >= 4 is 17.7 Å². The van der Waals surface area contributed by atoms with Crippen LogP contribution in [0.5, 0.6) is 0 Å². The quantitative estimate of drug-likeness (QED) is 0.587. The number of esters is 2. The molecule has 2 heterocycles. The third kappa shape index (κ3) is 3.13. The Labute approximate surface area is 169 Å². The Balaban J connectivity index is 1.98. The van der Waals surface area contributed by atoms with Crippen molar-refractivity contribution in [3.63, 3.8) is 0 Å². The number of cyclic esters (lactones) is 1. The highest BCUT2D eigenvalue weighted by atomic mass is 16.6. The number of fused-ring (bicyclic) bond motifs is 1. The zero-order valence-corrected chi connectivity index (χ0v) is 16.2. The molecule has 2 fully saturated rings. The average molecular weight is 393 g/mol. The normalized spacial score (nSPS) is 27.1. The van der Waals surface area contributed by atoms with Crippen LogP contribution in [0.2, 0.25) is 0 Å². The van der Waals surface area contributed by atoms with Gasteiger partial charge in [0, 0.05) is 13.0 Å². The molecule has 0 amide bonds. The van der Waals surface area contributed by atoms with Crippen molar-refractivity contribution in [2.75, 3.05) is 19.7 Å². The van der Waals surface area contributed by atoms with E-state index in [-0.39, 0.29) is 25.4 Å². The number of benzene rings is 2. The first-order chi connectivity index (χ1) is 14.1. The van der Waals surface area contributed by atoms with Crippen molar-refractivity contribution in [3.05, 3.63) is 71.8 Å². The van der Waals surface area contributed by atoms with Crippen LogP contribution in [-0.2, 0) is 23.9 Å². The number of rotatable bonds is 4. The van der Waals surface area contributed by atoms with Gasteiger partial charge in [0.15, 0.2) is 11.3 Å². The molecule has 2 saturated heterocycles. The molecule has 6 nitrogen and oxygen atoms in total. The maximum atomic E-state index is 13.4. The van der Waals surface area contributed by atoms with Crippen LogP contribution in [0.3, 0.4) is 0 Å². The number of carbonyl (C=O) groups excluding carboxylic acids is 3. The fourth-order valence-electron chi connectivity index (χ4n) is 4.57. The Morgan fingerprint density at radius 2 is 1.69 bits per heavy atom. The van der Waals surface area contributed by atoms with Gasteiger partial charge >= 0.3 is 11.9 Å². The largest absolute Gasteiger partial charge is 0.464 e. The van der Waals surface area contributed by atoms with Crippen LogP contribution in [0.1, 0.15) is 36.5 Å². The zero-order chi connectivity index (χ0) is 20.4. The summed E-state index contributed by atoms with van der Waals surface area (Å²) in [6, 6.07) is 18.6. The second-order valence-electron chi connectivity index (χ2n) is 7.29. The first kappa shape index (κ1) is 19.3. The zero-order valence-electron chi connectivity index (χ0n) is 16.2. The van der Waals surface area contributed by atoms with Crippen molar-refractivity contribution in [2.24, 2.45) is 0 Å². The van der Waals surface area contributed by atoms with Gasteiger partial charge in [-0.1, -0.05) is 60.7 Å². The molecule has 150 valence electrons. The van der Waals surface area contributed by atoms with E-state index >= 15 is 0 Å². The standard InChI is InChI=1S/C23H23NO5/c1-2-28-22(27)23-18(25)13-14-24(23)15-19(26)29-21(17-11-7-4-8-12-17)20(23)16-9-5-3-6-10-16/h3-12,20-21H,2,13-15H2,1H3/t20-,21+,23+/m0/s1. The van der Waals surface area contributed by atoms with Crippen molar-refractivity contribution in [2.45, 2.75) is 30.9 Å². The van der Waals surface area contributed by atoms with E-state index in [9.17, 15) is 14.4 Å². The average Bonchev–Trinajstić information content (AvgIpc) is 2.98. The Bertz CT molecular complexity index is 913. The number of hydrogen-bond acceptors (Lipinski definition) is 6. The molecule has 3 atom stereocenters. The van der Waals surface area contributed by atoms with Gasteiger partial charge in [-0.3, -0.25) is 14.5 Å². The van der Waals surface area contributed by atoms with E-state index in [1.54, 1.807) is 11.8 Å². The summed E-state index contributed by atoms with van der Waals surface area (Å²) in [5, 5.41) is 0. The van der Waals surface area contributed by atoms with Gasteiger partial charge in [0.1, 0.15) is 6.10 Å². The van der Waals surface area contributed by atoms with Crippen LogP contribution < -0.4 is 0 Å². The molecule has 2 aromatic rings. The molecule has 0 N–H and O–H groups in total. The third-order valence-corrected chi connectivity index (χ3v) is 5.74. The van der Waals surface area contributed by atoms with Gasteiger partial charge in [-0.15, -0.1) is 0 Å². The van der Waals surface area contributed by atoms with E-state index in [0.717, 1.165) is 11.1 Å². The van der Waals surface area contributed by atoms with Gasteiger partial charge in [-0.2, -0.15) is 0 Å². The maximum absolute atomic E-state index is 13.4. The second kappa shape index (κ2) is 7.79. The van der Waals surface area contributed by atoms with Gasteiger partial charge in [-0.25, -0.2) is 4.79 Å². The van der Waals surface area contributed by atoms with Gasteiger partial charge < -0.3 is 9.47 Å². The molecule has 6 heteroatoms. The minimum atomic E-state index is -1.59. The van der Waals surface area contributed by atoms with Crippen LogP contribution >= 0.6 is 0 Å². The van der Waals surface area contributed by atoms with E-state index in [1.165, 1.54) is 0 Å². The molecule has 0 aliphatic carbocycles. The van der Waals surface area contributed by atoms with Crippen molar-refractivity contribution in [3.8, 4) is 0 Å². The summed E-state index contributed by atoms with van der Waals surface area (Å²) in [5.41, 5.74) is -0.103. The van der Waals surface area contributed by atoms with E-state index in [1.807, 2.05) is 60.7 Å². The SMILES string of the molecule is CCOC(=O)[C@]12C(=O)CCN1CC(=O)O[C@H](c1ccccc1)[C@@H]2c1ccccc1. The summed E-state index contributed by atoms with van der Waals surface area (Å²) in [6.07, 6.45) is -0.598. The van der Waals surface area contributed by atoms with Gasteiger partial charge in [0.25, 0.3) is 0 Å². The smallest absolute Gasteiger partial charge is 0.335 e. The van der Waals surface area contributed by atoms with Gasteiger partial charge in [0.05, 0.1) is 19.1 Å². The summed E-state index contributed by atoms with van der Waals surface area (Å²) in [6.45, 7) is 2.05. The highest BCUT2D eigenvalue weighted by molar-refractivity contribution is 6.12. The number of carbonyl (C=O) groups is 3. The highest BCUT2D eigenvalue weighted by Crippen LogP contribution is 2.50. The first-order valence-corrected chi connectivity index (χ1v) is 9.84. The molecular weight excluding hydrogens is 370 g/mol. The van der Waals surface area contributed by atoms with Gasteiger partial charge in [-0.05, 0) is 18.1 Å². The molecule has 0 bridgehead atoms. The third-order valence-electron chi connectivity index (χ3n) is 5.74. The lowest BCUT2D eigenvalue weighted by Gasteiger charge is -2.40.